The SMILES string of the molecule is CC.CC.CC.Cc1ccc(Cc2ccc(Cc3ccc(C)o3)cc2)o1. The highest BCUT2D eigenvalue weighted by atomic mass is 16.3. The Kier molecular flexibility index (Phi) is 12.8. The Morgan fingerprint density at radius 1 is 0.500 bits per heavy atom. The average Bonchev–Trinajstić information content (AvgIpc) is 3.29. The van der Waals surface area contributed by atoms with Gasteiger partial charge in [-0.2, -0.15) is 0 Å². The van der Waals surface area contributed by atoms with E-state index in [1.54, 1.807) is 0 Å². The molecule has 144 valence electrons. The minimum absolute atomic E-state index is 0.841. The van der Waals surface area contributed by atoms with Gasteiger partial charge >= 0.3 is 0 Å². The molecule has 0 aliphatic heterocycles. The van der Waals surface area contributed by atoms with E-state index >= 15 is 0 Å². The lowest BCUT2D eigenvalue weighted by atomic mass is 10.1. The van der Waals surface area contributed by atoms with Crippen molar-refractivity contribution < 1.29 is 8.83 Å². The third-order valence-electron chi connectivity index (χ3n) is 3.37. The zero-order chi connectivity index (χ0) is 19.9. The summed E-state index contributed by atoms with van der Waals surface area (Å²) in [4.78, 5) is 0. The maximum absolute atomic E-state index is 5.60. The van der Waals surface area contributed by atoms with Crippen LogP contribution in [0.5, 0.6) is 0 Å². The van der Waals surface area contributed by atoms with Crippen molar-refractivity contribution in [1.29, 1.82) is 0 Å². The summed E-state index contributed by atoms with van der Waals surface area (Å²) in [5, 5.41) is 0. The van der Waals surface area contributed by atoms with Crippen LogP contribution in [-0.2, 0) is 12.8 Å². The fourth-order valence-electron chi connectivity index (χ4n) is 2.34. The van der Waals surface area contributed by atoms with E-state index in [-0.39, 0.29) is 0 Å². The van der Waals surface area contributed by atoms with Crippen LogP contribution >= 0.6 is 0 Å². The lowest BCUT2D eigenvalue weighted by molar-refractivity contribution is 0.491. The highest BCUT2D eigenvalue weighted by Gasteiger charge is 2.03. The zero-order valence-electron chi connectivity index (χ0n) is 17.8. The first-order valence-electron chi connectivity index (χ1n) is 9.87. The Morgan fingerprint density at radius 3 is 1.04 bits per heavy atom. The normalized spacial score (nSPS) is 9.08. The molecule has 0 amide bonds. The Hall–Kier alpha value is -2.22. The van der Waals surface area contributed by atoms with Gasteiger partial charge in [-0.1, -0.05) is 65.8 Å². The monoisotopic (exact) mass is 356 g/mol. The van der Waals surface area contributed by atoms with Gasteiger partial charge in [0.1, 0.15) is 23.0 Å². The molecule has 0 fully saturated rings. The molecular weight excluding hydrogens is 320 g/mol. The third kappa shape index (κ3) is 8.24. The molecule has 26 heavy (non-hydrogen) atoms. The van der Waals surface area contributed by atoms with Crippen molar-refractivity contribution in [2.75, 3.05) is 0 Å². The van der Waals surface area contributed by atoms with Crippen LogP contribution in [0.1, 0.15) is 75.7 Å². The molecule has 2 aromatic heterocycles. The van der Waals surface area contributed by atoms with Gasteiger partial charge in [-0.05, 0) is 49.2 Å². The molecule has 0 aliphatic rings. The van der Waals surface area contributed by atoms with Crippen LogP contribution in [0.2, 0.25) is 0 Å². The molecule has 2 heterocycles. The molecule has 3 aromatic rings. The second-order valence-electron chi connectivity index (χ2n) is 5.19. The molecule has 0 N–H and O–H groups in total. The minimum atomic E-state index is 0.841. The minimum Gasteiger partial charge on any atom is -0.466 e. The Balaban J connectivity index is 0.000000948. The predicted molar refractivity (Wildman–Crippen MR) is 113 cm³/mol. The second kappa shape index (κ2) is 14.0. The van der Waals surface area contributed by atoms with Gasteiger partial charge in [0.25, 0.3) is 0 Å². The van der Waals surface area contributed by atoms with E-state index in [0.29, 0.717) is 0 Å². The van der Waals surface area contributed by atoms with Crippen LogP contribution < -0.4 is 0 Å². The molecule has 0 bridgehead atoms. The first-order chi connectivity index (χ1) is 12.7. The fourth-order valence-corrected chi connectivity index (χ4v) is 2.34. The van der Waals surface area contributed by atoms with Crippen LogP contribution in [0.15, 0.2) is 57.4 Å². The van der Waals surface area contributed by atoms with Crippen LogP contribution in [0.3, 0.4) is 0 Å². The molecule has 0 aliphatic carbocycles. The van der Waals surface area contributed by atoms with E-state index in [9.17, 15) is 0 Å². The molecule has 0 unspecified atom stereocenters. The molecule has 3 rings (SSSR count). The van der Waals surface area contributed by atoms with E-state index in [2.05, 4.69) is 24.3 Å². The first kappa shape index (κ1) is 23.8. The number of hydrogen-bond acceptors (Lipinski definition) is 2. The summed E-state index contributed by atoms with van der Waals surface area (Å²) in [5.41, 5.74) is 2.53. The number of rotatable bonds is 4. The summed E-state index contributed by atoms with van der Waals surface area (Å²) in [6.45, 7) is 15.9. The Labute approximate surface area is 160 Å². The lowest BCUT2D eigenvalue weighted by Crippen LogP contribution is -1.89. The smallest absolute Gasteiger partial charge is 0.108 e. The second-order valence-corrected chi connectivity index (χ2v) is 5.19. The molecule has 2 nitrogen and oxygen atoms in total. The van der Waals surface area contributed by atoms with Gasteiger partial charge in [0, 0.05) is 12.8 Å². The average molecular weight is 357 g/mol. The standard InChI is InChI=1S/C18H18O2.3C2H6/c1-13-3-9-17(19-13)11-15-5-7-16(8-6-15)12-18-10-4-14(2)20-18;3*1-2/h3-10H,11-12H2,1-2H3;3*1-2H3. The molecule has 0 atom stereocenters. The number of benzene rings is 1. The van der Waals surface area contributed by atoms with Crippen molar-refractivity contribution in [1.82, 2.24) is 0 Å². The summed E-state index contributed by atoms with van der Waals surface area (Å²) in [5.74, 6) is 3.95. The number of furan rings is 2. The molecule has 0 spiro atoms. The van der Waals surface area contributed by atoms with E-state index in [1.165, 1.54) is 11.1 Å². The highest BCUT2D eigenvalue weighted by Crippen LogP contribution is 2.16. The zero-order valence-corrected chi connectivity index (χ0v) is 17.8. The molecule has 0 saturated heterocycles. The van der Waals surface area contributed by atoms with Crippen LogP contribution in [0, 0.1) is 13.8 Å². The van der Waals surface area contributed by atoms with E-state index in [1.807, 2.05) is 79.7 Å². The van der Waals surface area contributed by atoms with Crippen molar-refractivity contribution in [3.63, 3.8) is 0 Å². The lowest BCUT2D eigenvalue weighted by Gasteiger charge is -2.02. The van der Waals surface area contributed by atoms with Gasteiger partial charge in [-0.15, -0.1) is 0 Å². The van der Waals surface area contributed by atoms with Gasteiger partial charge < -0.3 is 8.83 Å². The summed E-state index contributed by atoms with van der Waals surface area (Å²) in [6.07, 6.45) is 1.68. The third-order valence-corrected chi connectivity index (χ3v) is 3.37. The maximum Gasteiger partial charge on any atom is 0.108 e. The van der Waals surface area contributed by atoms with Crippen molar-refractivity contribution in [2.45, 2.75) is 68.2 Å². The van der Waals surface area contributed by atoms with Crippen LogP contribution in [-0.4, -0.2) is 0 Å². The van der Waals surface area contributed by atoms with Gasteiger partial charge in [0.05, 0.1) is 0 Å². The van der Waals surface area contributed by atoms with E-state index in [0.717, 1.165) is 35.9 Å². The Morgan fingerprint density at radius 2 is 0.808 bits per heavy atom. The van der Waals surface area contributed by atoms with Gasteiger partial charge in [-0.25, -0.2) is 0 Å². The Bertz CT molecular complexity index is 626. The quantitative estimate of drug-likeness (QED) is 0.477. The molecule has 2 heteroatoms. The summed E-state index contributed by atoms with van der Waals surface area (Å²) in [6, 6.07) is 16.7. The van der Waals surface area contributed by atoms with Crippen LogP contribution in [0.4, 0.5) is 0 Å². The molecular formula is C24H36O2. The van der Waals surface area contributed by atoms with Crippen molar-refractivity contribution in [3.8, 4) is 0 Å². The van der Waals surface area contributed by atoms with Crippen molar-refractivity contribution >= 4 is 0 Å². The molecule has 0 saturated carbocycles. The van der Waals surface area contributed by atoms with E-state index in [4.69, 9.17) is 8.83 Å². The molecule has 0 radical (unpaired) electrons. The van der Waals surface area contributed by atoms with Gasteiger partial charge in [-0.3, -0.25) is 0 Å². The summed E-state index contributed by atoms with van der Waals surface area (Å²) < 4.78 is 11.2. The van der Waals surface area contributed by atoms with Gasteiger partial charge in [0.2, 0.25) is 0 Å². The predicted octanol–water partition coefficient (Wildman–Crippen LogP) is 7.75. The summed E-state index contributed by atoms with van der Waals surface area (Å²) >= 11 is 0. The van der Waals surface area contributed by atoms with Gasteiger partial charge in [0.15, 0.2) is 0 Å². The topological polar surface area (TPSA) is 26.3 Å². The van der Waals surface area contributed by atoms with E-state index < -0.39 is 0 Å². The van der Waals surface area contributed by atoms with Crippen LogP contribution in [0.25, 0.3) is 0 Å². The maximum atomic E-state index is 5.60. The fraction of sp³-hybridized carbons (Fsp3) is 0.417. The largest absolute Gasteiger partial charge is 0.466 e. The van der Waals surface area contributed by atoms with Crippen molar-refractivity contribution in [2.24, 2.45) is 0 Å². The van der Waals surface area contributed by atoms with Crippen molar-refractivity contribution in [3.05, 3.63) is 82.7 Å². The highest BCUT2D eigenvalue weighted by molar-refractivity contribution is 5.28. The molecule has 1 aromatic carbocycles. The number of aryl methyl sites for hydroxylation is 2. The number of hydrogen-bond donors (Lipinski definition) is 0. The first-order valence-corrected chi connectivity index (χ1v) is 9.87. The summed E-state index contributed by atoms with van der Waals surface area (Å²) in [7, 11) is 0.